The maximum atomic E-state index is 9.82. The summed E-state index contributed by atoms with van der Waals surface area (Å²) in [6.07, 6.45) is 4.08. The first-order chi connectivity index (χ1) is 7.95. The van der Waals surface area contributed by atoms with Crippen molar-refractivity contribution in [1.82, 2.24) is 0 Å². The van der Waals surface area contributed by atoms with Crippen molar-refractivity contribution in [3.63, 3.8) is 0 Å². The van der Waals surface area contributed by atoms with Crippen LogP contribution in [0.25, 0.3) is 0 Å². The van der Waals surface area contributed by atoms with Gasteiger partial charge in [0.05, 0.1) is 13.2 Å². The maximum Gasteiger partial charge on any atom is 0.302 e. The molecule has 0 unspecified atom stereocenters. The third kappa shape index (κ3) is 51.9. The lowest BCUT2D eigenvalue weighted by Crippen LogP contribution is -1.95. The topological polar surface area (TPSA) is 52.6 Å². The van der Waals surface area contributed by atoms with E-state index in [1.54, 1.807) is 13.8 Å². The molecule has 0 amide bonds. The Bertz CT molecular complexity index is 149. The molecule has 104 valence electrons. The quantitative estimate of drug-likeness (QED) is 0.716. The highest BCUT2D eigenvalue weighted by atomic mass is 16.5. The van der Waals surface area contributed by atoms with Gasteiger partial charge in [0, 0.05) is 13.8 Å². The number of carbonyl (C=O) groups is 2. The molecule has 0 aromatic rings. The van der Waals surface area contributed by atoms with Crippen molar-refractivity contribution in [3.05, 3.63) is 0 Å². The molecule has 4 nitrogen and oxygen atoms in total. The Morgan fingerprint density at radius 1 is 0.765 bits per heavy atom. The van der Waals surface area contributed by atoms with Crippen molar-refractivity contribution in [1.29, 1.82) is 0 Å². The van der Waals surface area contributed by atoms with Gasteiger partial charge in [-0.3, -0.25) is 9.59 Å². The maximum absolute atomic E-state index is 9.82. The summed E-state index contributed by atoms with van der Waals surface area (Å²) < 4.78 is 8.81. The van der Waals surface area contributed by atoms with Crippen LogP contribution in [0.2, 0.25) is 0 Å². The number of hydrogen-bond donors (Lipinski definition) is 0. The van der Waals surface area contributed by atoms with Crippen LogP contribution >= 0.6 is 0 Å². The number of unbranched alkanes of at least 4 members (excludes halogenated alkanes) is 2. The molecule has 0 saturated heterocycles. The normalized spacial score (nSPS) is 7.88. The van der Waals surface area contributed by atoms with Crippen molar-refractivity contribution < 1.29 is 19.1 Å². The molecule has 0 bridgehead atoms. The highest BCUT2D eigenvalue weighted by molar-refractivity contribution is 5.66. The van der Waals surface area contributed by atoms with E-state index in [-0.39, 0.29) is 11.9 Å². The van der Waals surface area contributed by atoms with Crippen LogP contribution in [0.4, 0.5) is 0 Å². The van der Waals surface area contributed by atoms with Crippen LogP contribution < -0.4 is 0 Å². The summed E-state index contributed by atoms with van der Waals surface area (Å²) in [4.78, 5) is 19.6. The van der Waals surface area contributed by atoms with E-state index in [1.807, 2.05) is 0 Å². The van der Waals surface area contributed by atoms with E-state index in [9.17, 15) is 9.59 Å². The van der Waals surface area contributed by atoms with E-state index in [1.165, 1.54) is 33.1 Å². The van der Waals surface area contributed by atoms with E-state index in [4.69, 9.17) is 0 Å². The minimum Gasteiger partial charge on any atom is -0.466 e. The second kappa shape index (κ2) is 20.4. The summed E-state index contributed by atoms with van der Waals surface area (Å²) in [6.45, 7) is 11.7. The van der Waals surface area contributed by atoms with Gasteiger partial charge in [0.1, 0.15) is 0 Å². The van der Waals surface area contributed by atoms with Crippen LogP contribution in [-0.4, -0.2) is 25.2 Å². The summed E-state index contributed by atoms with van der Waals surface area (Å²) in [5.74, 6) is -0.421. The third-order valence-corrected chi connectivity index (χ3v) is 1.40. The van der Waals surface area contributed by atoms with Gasteiger partial charge in [-0.25, -0.2) is 0 Å². The predicted octanol–water partition coefficient (Wildman–Crippen LogP) is 3.34. The first-order valence-corrected chi connectivity index (χ1v) is 6.22. The standard InChI is InChI=1S/C5H12.2C4H8O2/c1-3-5-4-2;2*1-3-6-4(2)5/h3-5H2,1-2H3;2*3H2,1-2H3. The van der Waals surface area contributed by atoms with E-state index < -0.39 is 0 Å². The Balaban J connectivity index is -0.000000174. The Labute approximate surface area is 106 Å². The van der Waals surface area contributed by atoms with Crippen LogP contribution in [0.5, 0.6) is 0 Å². The molecule has 17 heavy (non-hydrogen) atoms. The zero-order valence-corrected chi connectivity index (χ0v) is 12.2. The molecule has 0 N–H and O–H groups in total. The molecule has 0 spiro atoms. The van der Waals surface area contributed by atoms with E-state index in [0.717, 1.165) is 0 Å². The fourth-order valence-electron chi connectivity index (χ4n) is 0.760. The van der Waals surface area contributed by atoms with Crippen molar-refractivity contribution in [2.24, 2.45) is 0 Å². The summed E-state index contributed by atoms with van der Waals surface area (Å²) in [6, 6.07) is 0. The predicted molar refractivity (Wildman–Crippen MR) is 69.8 cm³/mol. The lowest BCUT2D eigenvalue weighted by molar-refractivity contribution is -0.141. The van der Waals surface area contributed by atoms with E-state index in [2.05, 4.69) is 23.3 Å². The molecule has 0 heterocycles. The molecule has 0 aliphatic carbocycles. The highest BCUT2D eigenvalue weighted by Crippen LogP contribution is 1.88. The van der Waals surface area contributed by atoms with Crippen molar-refractivity contribution >= 4 is 11.9 Å². The fourth-order valence-corrected chi connectivity index (χ4v) is 0.760. The van der Waals surface area contributed by atoms with Crippen LogP contribution in [0.1, 0.15) is 60.8 Å². The summed E-state index contributed by atoms with van der Waals surface area (Å²) in [5.41, 5.74) is 0. The average molecular weight is 248 g/mol. The average Bonchev–Trinajstić information content (AvgIpc) is 2.20. The second-order valence-corrected chi connectivity index (χ2v) is 3.20. The van der Waals surface area contributed by atoms with Crippen molar-refractivity contribution in [3.8, 4) is 0 Å². The van der Waals surface area contributed by atoms with Gasteiger partial charge in [0.2, 0.25) is 0 Å². The molecule has 0 aliphatic rings. The summed E-state index contributed by atoms with van der Waals surface area (Å²) in [7, 11) is 0. The molecule has 0 rings (SSSR count). The summed E-state index contributed by atoms with van der Waals surface area (Å²) in [5, 5.41) is 0. The zero-order valence-electron chi connectivity index (χ0n) is 12.2. The van der Waals surface area contributed by atoms with Crippen molar-refractivity contribution in [2.45, 2.75) is 60.8 Å². The van der Waals surface area contributed by atoms with Gasteiger partial charge in [-0.15, -0.1) is 0 Å². The lowest BCUT2D eigenvalue weighted by atomic mass is 10.3. The first-order valence-electron chi connectivity index (χ1n) is 6.22. The monoisotopic (exact) mass is 248 g/mol. The number of ether oxygens (including phenoxy) is 2. The van der Waals surface area contributed by atoms with Gasteiger partial charge < -0.3 is 9.47 Å². The first kappa shape index (κ1) is 21.2. The highest BCUT2D eigenvalue weighted by Gasteiger charge is 1.82. The SMILES string of the molecule is CCCCC.CCOC(C)=O.CCOC(C)=O. The number of hydrogen-bond acceptors (Lipinski definition) is 4. The second-order valence-electron chi connectivity index (χ2n) is 3.20. The van der Waals surface area contributed by atoms with Gasteiger partial charge in [-0.1, -0.05) is 33.1 Å². The van der Waals surface area contributed by atoms with Gasteiger partial charge in [0.25, 0.3) is 0 Å². The molecule has 0 aromatic carbocycles. The number of carbonyl (C=O) groups excluding carboxylic acids is 2. The van der Waals surface area contributed by atoms with Crippen molar-refractivity contribution in [2.75, 3.05) is 13.2 Å². The van der Waals surface area contributed by atoms with Crippen LogP contribution in [0, 0.1) is 0 Å². The number of esters is 2. The Morgan fingerprint density at radius 3 is 1.06 bits per heavy atom. The minimum atomic E-state index is -0.211. The largest absolute Gasteiger partial charge is 0.466 e. The van der Waals surface area contributed by atoms with Crippen LogP contribution in [-0.2, 0) is 19.1 Å². The molecular weight excluding hydrogens is 220 g/mol. The summed E-state index contributed by atoms with van der Waals surface area (Å²) >= 11 is 0. The molecule has 0 saturated carbocycles. The molecule has 0 atom stereocenters. The molecule has 0 aromatic heterocycles. The smallest absolute Gasteiger partial charge is 0.302 e. The molecule has 0 fully saturated rings. The van der Waals surface area contributed by atoms with Gasteiger partial charge in [0.15, 0.2) is 0 Å². The zero-order chi connectivity index (χ0) is 14.1. The molecule has 4 heteroatoms. The fraction of sp³-hybridized carbons (Fsp3) is 0.846. The molecular formula is C13H28O4. The van der Waals surface area contributed by atoms with E-state index in [0.29, 0.717) is 13.2 Å². The minimum absolute atomic E-state index is 0.211. The lowest BCUT2D eigenvalue weighted by Gasteiger charge is -1.89. The van der Waals surface area contributed by atoms with Gasteiger partial charge in [-0.2, -0.15) is 0 Å². The number of rotatable bonds is 4. The third-order valence-electron chi connectivity index (χ3n) is 1.40. The van der Waals surface area contributed by atoms with Gasteiger partial charge >= 0.3 is 11.9 Å². The molecule has 0 aliphatic heterocycles. The Hall–Kier alpha value is -1.06. The Kier molecular flexibility index (Phi) is 25.5. The Morgan fingerprint density at radius 2 is 1.06 bits per heavy atom. The van der Waals surface area contributed by atoms with Crippen LogP contribution in [0.15, 0.2) is 0 Å². The van der Waals surface area contributed by atoms with Crippen LogP contribution in [0.3, 0.4) is 0 Å². The van der Waals surface area contributed by atoms with E-state index >= 15 is 0 Å². The molecule has 0 radical (unpaired) electrons. The van der Waals surface area contributed by atoms with Gasteiger partial charge in [-0.05, 0) is 13.8 Å².